The molecule has 3 aromatic carbocycles. The van der Waals surface area contributed by atoms with Crippen LogP contribution < -0.4 is 10.6 Å². The number of para-hydroxylation sites is 1. The normalized spacial score (nSPS) is 27.8. The van der Waals surface area contributed by atoms with Crippen LogP contribution in [0.2, 0.25) is 5.02 Å². The third-order valence-corrected chi connectivity index (χ3v) is 7.96. The monoisotopic (exact) mass is 428 g/mol. The minimum atomic E-state index is -0.110. The molecule has 2 fully saturated rings. The molecule has 31 heavy (non-hydrogen) atoms. The number of carbonyl (C=O) groups is 1. The Balaban J connectivity index is 1.36. The van der Waals surface area contributed by atoms with Crippen LogP contribution in [0.3, 0.4) is 0 Å². The molecular weight excluding hydrogens is 404 g/mol. The van der Waals surface area contributed by atoms with E-state index in [2.05, 4.69) is 53.1 Å². The molecule has 0 aromatic heterocycles. The molecule has 2 aliphatic carbocycles. The van der Waals surface area contributed by atoms with E-state index in [0.717, 1.165) is 11.8 Å². The largest absolute Gasteiger partial charge is 0.378 e. The summed E-state index contributed by atoms with van der Waals surface area (Å²) in [6.07, 6.45) is 3.96. The maximum Gasteiger partial charge on any atom is 0.255 e. The summed E-state index contributed by atoms with van der Waals surface area (Å²) in [6, 6.07) is 24.7. The Kier molecular flexibility index (Phi) is 4.53. The predicted molar refractivity (Wildman–Crippen MR) is 126 cm³/mol. The number of fused-ring (bicyclic) bond motifs is 7. The van der Waals surface area contributed by atoms with Crippen molar-refractivity contribution in [3.8, 4) is 0 Å². The first-order chi connectivity index (χ1) is 15.2. The van der Waals surface area contributed by atoms with E-state index in [4.69, 9.17) is 11.6 Å². The molecule has 1 amide bonds. The van der Waals surface area contributed by atoms with Gasteiger partial charge in [-0.2, -0.15) is 0 Å². The zero-order valence-corrected chi connectivity index (χ0v) is 18.0. The van der Waals surface area contributed by atoms with Crippen LogP contribution in [0.4, 0.5) is 11.4 Å². The van der Waals surface area contributed by atoms with Crippen molar-refractivity contribution < 1.29 is 4.79 Å². The van der Waals surface area contributed by atoms with Crippen LogP contribution in [0.15, 0.2) is 72.8 Å². The third kappa shape index (κ3) is 3.14. The van der Waals surface area contributed by atoms with Crippen molar-refractivity contribution >= 4 is 28.9 Å². The van der Waals surface area contributed by atoms with Crippen molar-refractivity contribution in [1.29, 1.82) is 0 Å². The molecule has 5 atom stereocenters. The van der Waals surface area contributed by atoms with Crippen molar-refractivity contribution in [2.45, 2.75) is 31.2 Å². The average molecular weight is 429 g/mol. The van der Waals surface area contributed by atoms with Gasteiger partial charge in [0.1, 0.15) is 0 Å². The number of benzene rings is 3. The Morgan fingerprint density at radius 2 is 1.71 bits per heavy atom. The summed E-state index contributed by atoms with van der Waals surface area (Å²) in [5.41, 5.74) is 5.21. The lowest BCUT2D eigenvalue weighted by atomic mass is 9.68. The molecule has 0 spiro atoms. The summed E-state index contributed by atoms with van der Waals surface area (Å²) < 4.78 is 0. The fraction of sp³-hybridized carbons (Fsp3) is 0.296. The Bertz CT molecular complexity index is 1140. The van der Waals surface area contributed by atoms with E-state index in [1.807, 2.05) is 24.3 Å². The summed E-state index contributed by atoms with van der Waals surface area (Å²) in [7, 11) is 0. The van der Waals surface area contributed by atoms with Crippen LogP contribution in [0, 0.1) is 17.8 Å². The highest BCUT2D eigenvalue weighted by Crippen LogP contribution is 2.63. The maximum absolute atomic E-state index is 13.0. The summed E-state index contributed by atoms with van der Waals surface area (Å²) in [4.78, 5) is 13.0. The fourth-order valence-corrected chi connectivity index (χ4v) is 6.56. The van der Waals surface area contributed by atoms with Gasteiger partial charge in [-0.1, -0.05) is 54.1 Å². The molecule has 3 nitrogen and oxygen atoms in total. The lowest BCUT2D eigenvalue weighted by molar-refractivity contribution is 0.102. The lowest BCUT2D eigenvalue weighted by Crippen LogP contribution is -2.35. The molecule has 2 bridgehead atoms. The van der Waals surface area contributed by atoms with Crippen molar-refractivity contribution in [3.05, 3.63) is 94.5 Å². The van der Waals surface area contributed by atoms with Crippen molar-refractivity contribution in [2.75, 3.05) is 10.6 Å². The van der Waals surface area contributed by atoms with E-state index in [1.165, 1.54) is 36.1 Å². The highest BCUT2D eigenvalue weighted by molar-refractivity contribution is 6.33. The fourth-order valence-electron chi connectivity index (χ4n) is 6.37. The minimum absolute atomic E-state index is 0.110. The van der Waals surface area contributed by atoms with Gasteiger partial charge in [-0.15, -0.1) is 0 Å². The number of amides is 1. The van der Waals surface area contributed by atoms with Gasteiger partial charge in [-0.25, -0.2) is 0 Å². The molecule has 0 radical (unpaired) electrons. The minimum Gasteiger partial charge on any atom is -0.378 e. The standard InChI is InChI=1S/C27H25ClN2O/c28-21-8-4-5-9-23(21)30-27(31)19-12-13-22-20(15-19)24-17-10-11-18(14-17)25(24)26(29-22)16-6-2-1-3-7-16/h1-9,12-13,15,17-18,24-26,29H,10-11,14H2,(H,30,31)/t17-,18+,24+,25+,26-/m1/s1. The lowest BCUT2D eigenvalue weighted by Gasteiger charge is -2.43. The molecule has 4 heteroatoms. The van der Waals surface area contributed by atoms with Gasteiger partial charge in [-0.05, 0) is 84.4 Å². The van der Waals surface area contributed by atoms with Crippen LogP contribution in [0.5, 0.6) is 0 Å². The first-order valence-electron chi connectivity index (χ1n) is 11.2. The molecule has 0 unspecified atom stereocenters. The molecule has 6 rings (SSSR count). The Labute approximate surface area is 187 Å². The first-order valence-corrected chi connectivity index (χ1v) is 11.6. The number of rotatable bonds is 3. The Hall–Kier alpha value is -2.78. The quantitative estimate of drug-likeness (QED) is 0.477. The van der Waals surface area contributed by atoms with Crippen LogP contribution in [-0.2, 0) is 0 Å². The second-order valence-corrected chi connectivity index (χ2v) is 9.61. The molecule has 0 saturated heterocycles. The summed E-state index contributed by atoms with van der Waals surface area (Å²) in [6.45, 7) is 0. The van der Waals surface area contributed by atoms with E-state index in [9.17, 15) is 4.79 Å². The smallest absolute Gasteiger partial charge is 0.255 e. The van der Waals surface area contributed by atoms with Crippen LogP contribution in [-0.4, -0.2) is 5.91 Å². The molecular formula is C27H25ClN2O. The molecule has 2 saturated carbocycles. The molecule has 1 aliphatic heterocycles. The summed E-state index contributed by atoms with van der Waals surface area (Å²) >= 11 is 6.24. The van der Waals surface area contributed by atoms with E-state index in [0.29, 0.717) is 34.2 Å². The first kappa shape index (κ1) is 18.9. The highest BCUT2D eigenvalue weighted by Gasteiger charge is 2.53. The molecule has 1 heterocycles. The summed E-state index contributed by atoms with van der Waals surface area (Å²) in [5, 5.41) is 7.36. The topological polar surface area (TPSA) is 41.1 Å². The molecule has 3 aromatic rings. The number of nitrogens with one attached hydrogen (secondary N) is 2. The van der Waals surface area contributed by atoms with Gasteiger partial charge < -0.3 is 10.6 Å². The number of anilines is 2. The predicted octanol–water partition coefficient (Wildman–Crippen LogP) is 6.89. The maximum atomic E-state index is 13.0. The van der Waals surface area contributed by atoms with Gasteiger partial charge in [0, 0.05) is 11.3 Å². The van der Waals surface area contributed by atoms with Gasteiger partial charge >= 0.3 is 0 Å². The van der Waals surface area contributed by atoms with Crippen molar-refractivity contribution in [3.63, 3.8) is 0 Å². The number of hydrogen-bond acceptors (Lipinski definition) is 2. The van der Waals surface area contributed by atoms with Crippen molar-refractivity contribution in [1.82, 2.24) is 0 Å². The number of hydrogen-bond donors (Lipinski definition) is 2. The van der Waals surface area contributed by atoms with Crippen LogP contribution >= 0.6 is 11.6 Å². The van der Waals surface area contributed by atoms with Gasteiger partial charge in [-0.3, -0.25) is 4.79 Å². The molecule has 3 aliphatic rings. The van der Waals surface area contributed by atoms with E-state index < -0.39 is 0 Å². The zero-order chi connectivity index (χ0) is 20.9. The van der Waals surface area contributed by atoms with E-state index >= 15 is 0 Å². The van der Waals surface area contributed by atoms with Crippen LogP contribution in [0.1, 0.15) is 52.7 Å². The van der Waals surface area contributed by atoms with Crippen LogP contribution in [0.25, 0.3) is 0 Å². The average Bonchev–Trinajstić information content (AvgIpc) is 3.43. The Morgan fingerprint density at radius 3 is 2.55 bits per heavy atom. The second-order valence-electron chi connectivity index (χ2n) is 9.21. The summed E-state index contributed by atoms with van der Waals surface area (Å²) in [5.74, 6) is 2.50. The number of halogens is 1. The zero-order valence-electron chi connectivity index (χ0n) is 17.2. The third-order valence-electron chi connectivity index (χ3n) is 7.63. The van der Waals surface area contributed by atoms with E-state index in [1.54, 1.807) is 6.07 Å². The number of carbonyl (C=O) groups excluding carboxylic acids is 1. The Morgan fingerprint density at radius 1 is 0.935 bits per heavy atom. The van der Waals surface area contributed by atoms with Crippen molar-refractivity contribution in [2.24, 2.45) is 17.8 Å². The van der Waals surface area contributed by atoms with E-state index in [-0.39, 0.29) is 5.91 Å². The van der Waals surface area contributed by atoms with Gasteiger partial charge in [0.05, 0.1) is 16.8 Å². The molecule has 2 N–H and O–H groups in total. The SMILES string of the molecule is O=C(Nc1ccccc1Cl)c1ccc2c(c1)[C@@H]1[C@@H]3CC[C@@H](C3)[C@@H]1[C@@H](c1ccccc1)N2. The van der Waals surface area contributed by atoms with Gasteiger partial charge in [0.2, 0.25) is 0 Å². The highest BCUT2D eigenvalue weighted by atomic mass is 35.5. The van der Waals surface area contributed by atoms with Gasteiger partial charge in [0.15, 0.2) is 0 Å². The second kappa shape index (κ2) is 7.42. The van der Waals surface area contributed by atoms with Gasteiger partial charge in [0.25, 0.3) is 5.91 Å². The molecule has 156 valence electrons.